The summed E-state index contributed by atoms with van der Waals surface area (Å²) in [5.41, 5.74) is 7.82. The molecule has 3 N–H and O–H groups in total. The van der Waals surface area contributed by atoms with Crippen LogP contribution in [-0.2, 0) is 0 Å². The lowest BCUT2D eigenvalue weighted by atomic mass is 10.2. The molecule has 0 saturated carbocycles. The van der Waals surface area contributed by atoms with Crippen molar-refractivity contribution in [2.24, 2.45) is 0 Å². The molecule has 2 nitrogen and oxygen atoms in total. The Hall–Kier alpha value is -0.670. The van der Waals surface area contributed by atoms with E-state index >= 15 is 0 Å². The molecule has 1 aromatic rings. The molecule has 0 bridgehead atoms. The summed E-state index contributed by atoms with van der Waals surface area (Å²) in [6.45, 7) is 6.18. The Morgan fingerprint density at radius 1 is 1.43 bits per heavy atom. The van der Waals surface area contributed by atoms with Crippen molar-refractivity contribution in [1.82, 2.24) is 0 Å². The monoisotopic (exact) mass is 211 g/mol. The van der Waals surface area contributed by atoms with Gasteiger partial charge in [0.15, 0.2) is 0 Å². The normalized spacial score (nSPS) is 11.7. The van der Waals surface area contributed by atoms with Crippen LogP contribution in [0.5, 0.6) is 0 Å². The average molecular weight is 211 g/mol. The van der Waals surface area contributed by atoms with Crippen molar-refractivity contribution in [3.63, 3.8) is 0 Å². The van der Waals surface area contributed by atoms with E-state index < -0.39 is 0 Å². The van der Waals surface area contributed by atoms with Crippen molar-refractivity contribution in [2.75, 3.05) is 12.3 Å². The minimum Gasteiger partial charge on any atom is -0.398 e. The van der Waals surface area contributed by atoms with Gasteiger partial charge in [-0.3, -0.25) is 0 Å². The number of rotatable bonds is 3. The Kier molecular flexibility index (Phi) is 3.45. The van der Waals surface area contributed by atoms with Gasteiger partial charge in [-0.15, -0.1) is 11.8 Å². The molecule has 0 amide bonds. The highest BCUT2D eigenvalue weighted by Crippen LogP contribution is 2.35. The predicted molar refractivity (Wildman–Crippen MR) is 62.6 cm³/mol. The van der Waals surface area contributed by atoms with E-state index in [4.69, 9.17) is 10.8 Å². The fraction of sp³-hybridized carbons (Fsp3) is 0.455. The zero-order chi connectivity index (χ0) is 10.8. The van der Waals surface area contributed by atoms with E-state index in [9.17, 15) is 0 Å². The first kappa shape index (κ1) is 11.4. The molecule has 0 aliphatic rings. The molecule has 0 unspecified atom stereocenters. The molecule has 14 heavy (non-hydrogen) atoms. The molecular weight excluding hydrogens is 194 g/mol. The van der Waals surface area contributed by atoms with Crippen molar-refractivity contribution in [2.45, 2.75) is 30.4 Å². The summed E-state index contributed by atoms with van der Waals surface area (Å²) < 4.78 is -0.179. The van der Waals surface area contributed by atoms with Gasteiger partial charge in [-0.2, -0.15) is 0 Å². The zero-order valence-corrected chi connectivity index (χ0v) is 9.69. The number of nitrogens with two attached hydrogens (primary N) is 1. The number of aliphatic hydroxyl groups excluding tert-OH is 1. The second kappa shape index (κ2) is 4.24. The highest BCUT2D eigenvalue weighted by Gasteiger charge is 2.19. The lowest BCUT2D eigenvalue weighted by Gasteiger charge is -2.21. The van der Waals surface area contributed by atoms with Gasteiger partial charge >= 0.3 is 0 Å². The molecular formula is C11H17NOS. The Labute approximate surface area is 89.5 Å². The summed E-state index contributed by atoms with van der Waals surface area (Å²) in [5.74, 6) is 0. The minimum absolute atomic E-state index is 0.144. The molecule has 0 aliphatic heterocycles. The van der Waals surface area contributed by atoms with E-state index in [0.717, 1.165) is 10.6 Å². The number of aliphatic hydroxyl groups is 1. The van der Waals surface area contributed by atoms with E-state index in [1.165, 1.54) is 5.56 Å². The van der Waals surface area contributed by atoms with Crippen LogP contribution in [0.2, 0.25) is 0 Å². The molecule has 0 heterocycles. The van der Waals surface area contributed by atoms with Crippen LogP contribution < -0.4 is 5.73 Å². The first-order chi connectivity index (χ1) is 6.44. The van der Waals surface area contributed by atoms with Crippen LogP contribution in [0, 0.1) is 6.92 Å². The van der Waals surface area contributed by atoms with Crippen LogP contribution in [0.1, 0.15) is 19.4 Å². The Balaban J connectivity index is 2.91. The molecule has 0 aromatic heterocycles. The topological polar surface area (TPSA) is 46.2 Å². The Bertz CT molecular complexity index is 323. The summed E-state index contributed by atoms with van der Waals surface area (Å²) in [4.78, 5) is 1.05. The van der Waals surface area contributed by atoms with Gasteiger partial charge in [0.2, 0.25) is 0 Å². The molecule has 0 aliphatic carbocycles. The first-order valence-corrected chi connectivity index (χ1v) is 5.42. The lowest BCUT2D eigenvalue weighted by molar-refractivity contribution is 0.265. The Morgan fingerprint density at radius 2 is 2.07 bits per heavy atom. The molecule has 0 radical (unpaired) electrons. The third-order valence-electron chi connectivity index (χ3n) is 1.94. The maximum Gasteiger partial charge on any atom is 0.0576 e. The highest BCUT2D eigenvalue weighted by molar-refractivity contribution is 8.00. The maximum atomic E-state index is 9.15. The van der Waals surface area contributed by atoms with E-state index in [1.54, 1.807) is 11.8 Å². The smallest absolute Gasteiger partial charge is 0.0576 e. The van der Waals surface area contributed by atoms with E-state index in [1.807, 2.05) is 32.9 Å². The summed E-state index contributed by atoms with van der Waals surface area (Å²) in [6, 6.07) is 5.95. The van der Waals surface area contributed by atoms with Gasteiger partial charge in [0.1, 0.15) is 0 Å². The van der Waals surface area contributed by atoms with Crippen molar-refractivity contribution in [3.8, 4) is 0 Å². The third-order valence-corrected chi connectivity index (χ3v) is 3.19. The molecule has 78 valence electrons. The average Bonchev–Trinajstić information content (AvgIpc) is 2.11. The predicted octanol–water partition coefficient (Wildman–Crippen LogP) is 2.44. The van der Waals surface area contributed by atoms with Crippen LogP contribution in [0.15, 0.2) is 23.1 Å². The van der Waals surface area contributed by atoms with Gasteiger partial charge in [0.05, 0.1) is 6.61 Å². The van der Waals surface area contributed by atoms with Gasteiger partial charge in [-0.05, 0) is 38.5 Å². The molecule has 1 aromatic carbocycles. The van der Waals surface area contributed by atoms with Crippen molar-refractivity contribution in [1.29, 1.82) is 0 Å². The van der Waals surface area contributed by atoms with Crippen LogP contribution in [0.4, 0.5) is 5.69 Å². The quantitative estimate of drug-likeness (QED) is 0.596. The SMILES string of the molecule is Cc1ccc(N)c(SC(C)(C)CO)c1. The number of hydrogen-bond donors (Lipinski definition) is 2. The second-order valence-corrected chi connectivity index (χ2v) is 5.81. The van der Waals surface area contributed by atoms with E-state index in [0.29, 0.717) is 0 Å². The maximum absolute atomic E-state index is 9.15. The van der Waals surface area contributed by atoms with Crippen LogP contribution in [-0.4, -0.2) is 16.5 Å². The second-order valence-electron chi connectivity index (χ2n) is 4.06. The molecule has 0 saturated heterocycles. The van der Waals surface area contributed by atoms with E-state index in [2.05, 4.69) is 6.07 Å². The number of aryl methyl sites for hydroxylation is 1. The van der Waals surface area contributed by atoms with Gasteiger partial charge in [-0.25, -0.2) is 0 Å². The van der Waals surface area contributed by atoms with Crippen molar-refractivity contribution < 1.29 is 5.11 Å². The van der Waals surface area contributed by atoms with E-state index in [-0.39, 0.29) is 11.4 Å². The van der Waals surface area contributed by atoms with Gasteiger partial charge in [0.25, 0.3) is 0 Å². The molecule has 0 spiro atoms. The van der Waals surface area contributed by atoms with Crippen LogP contribution in [0.25, 0.3) is 0 Å². The fourth-order valence-electron chi connectivity index (χ4n) is 1.06. The number of hydrogen-bond acceptors (Lipinski definition) is 3. The zero-order valence-electron chi connectivity index (χ0n) is 8.87. The number of benzene rings is 1. The third kappa shape index (κ3) is 2.93. The number of anilines is 1. The van der Waals surface area contributed by atoms with Crippen molar-refractivity contribution in [3.05, 3.63) is 23.8 Å². The molecule has 1 rings (SSSR count). The lowest BCUT2D eigenvalue weighted by Crippen LogP contribution is -2.19. The standard InChI is InChI=1S/C11H17NOS/c1-8-4-5-9(12)10(6-8)14-11(2,3)7-13/h4-6,13H,7,12H2,1-3H3. The van der Waals surface area contributed by atoms with Crippen molar-refractivity contribution >= 4 is 17.4 Å². The largest absolute Gasteiger partial charge is 0.398 e. The molecule has 0 fully saturated rings. The fourth-order valence-corrected chi connectivity index (χ4v) is 2.15. The highest BCUT2D eigenvalue weighted by atomic mass is 32.2. The summed E-state index contributed by atoms with van der Waals surface area (Å²) >= 11 is 1.61. The van der Waals surface area contributed by atoms with Gasteiger partial charge < -0.3 is 10.8 Å². The minimum atomic E-state index is -0.179. The summed E-state index contributed by atoms with van der Waals surface area (Å²) in [6.07, 6.45) is 0. The first-order valence-electron chi connectivity index (χ1n) is 4.60. The molecule has 0 atom stereocenters. The molecule has 3 heteroatoms. The number of thioether (sulfide) groups is 1. The van der Waals surface area contributed by atoms with Crippen LogP contribution in [0.3, 0.4) is 0 Å². The van der Waals surface area contributed by atoms with Gasteiger partial charge in [-0.1, -0.05) is 6.07 Å². The summed E-state index contributed by atoms with van der Waals surface area (Å²) in [7, 11) is 0. The Morgan fingerprint density at radius 3 is 2.64 bits per heavy atom. The van der Waals surface area contributed by atoms with Crippen LogP contribution >= 0.6 is 11.8 Å². The number of nitrogen functional groups attached to an aromatic ring is 1. The summed E-state index contributed by atoms with van der Waals surface area (Å²) in [5, 5.41) is 9.15. The van der Waals surface area contributed by atoms with Gasteiger partial charge in [0, 0.05) is 15.3 Å².